The lowest BCUT2D eigenvalue weighted by Crippen LogP contribution is -2.44. The molecule has 1 heterocycles. The molecule has 1 aliphatic heterocycles. The molecule has 0 saturated carbocycles. The highest BCUT2D eigenvalue weighted by atomic mass is 32.2. The van der Waals surface area contributed by atoms with Gasteiger partial charge in [-0.1, -0.05) is 6.07 Å². The maximum absolute atomic E-state index is 13.3. The van der Waals surface area contributed by atoms with Crippen LogP contribution >= 0.6 is 0 Å². The number of sulfonamides is 1. The fourth-order valence-corrected chi connectivity index (χ4v) is 4.33. The van der Waals surface area contributed by atoms with Crippen molar-refractivity contribution in [2.75, 3.05) is 13.6 Å². The minimum Gasteiger partial charge on any atom is -0.358 e. The first-order chi connectivity index (χ1) is 9.37. The molecule has 7 heteroatoms. The van der Waals surface area contributed by atoms with Crippen molar-refractivity contribution in [2.24, 2.45) is 0 Å². The van der Waals surface area contributed by atoms with E-state index in [-0.39, 0.29) is 17.3 Å². The third-order valence-corrected chi connectivity index (χ3v) is 5.54. The van der Waals surface area contributed by atoms with Crippen molar-refractivity contribution in [3.63, 3.8) is 0 Å². The van der Waals surface area contributed by atoms with Crippen LogP contribution in [0, 0.1) is 12.7 Å². The quantitative estimate of drug-likeness (QED) is 0.907. The molecule has 1 aromatic rings. The average Bonchev–Trinajstić information content (AvgIpc) is 2.90. The van der Waals surface area contributed by atoms with Gasteiger partial charge in [0.25, 0.3) is 0 Å². The Morgan fingerprint density at radius 2 is 2.15 bits per heavy atom. The van der Waals surface area contributed by atoms with Crippen LogP contribution in [0.25, 0.3) is 0 Å². The highest BCUT2D eigenvalue weighted by molar-refractivity contribution is 7.89. The second-order valence-electron chi connectivity index (χ2n) is 4.80. The van der Waals surface area contributed by atoms with Crippen LogP contribution in [0.1, 0.15) is 18.4 Å². The second kappa shape index (κ2) is 5.49. The van der Waals surface area contributed by atoms with Gasteiger partial charge in [0.2, 0.25) is 15.9 Å². The van der Waals surface area contributed by atoms with E-state index in [1.165, 1.54) is 19.2 Å². The number of halogens is 1. The van der Waals surface area contributed by atoms with Crippen LogP contribution in [-0.4, -0.2) is 38.3 Å². The Bertz CT molecular complexity index is 631. The lowest BCUT2D eigenvalue weighted by molar-refractivity contribution is -0.123. The summed E-state index contributed by atoms with van der Waals surface area (Å²) >= 11 is 0. The zero-order valence-corrected chi connectivity index (χ0v) is 12.2. The molecular formula is C13H17FN2O3S. The van der Waals surface area contributed by atoms with Crippen molar-refractivity contribution >= 4 is 15.9 Å². The van der Waals surface area contributed by atoms with E-state index in [0.29, 0.717) is 18.4 Å². The molecule has 0 spiro atoms. The summed E-state index contributed by atoms with van der Waals surface area (Å²) < 4.78 is 39.7. The Morgan fingerprint density at radius 1 is 1.45 bits per heavy atom. The Morgan fingerprint density at radius 3 is 2.80 bits per heavy atom. The summed E-state index contributed by atoms with van der Waals surface area (Å²) in [6.07, 6.45) is 1.10. The minimum absolute atomic E-state index is 0.0756. The van der Waals surface area contributed by atoms with Crippen molar-refractivity contribution in [1.82, 2.24) is 9.62 Å². The van der Waals surface area contributed by atoms with E-state index in [4.69, 9.17) is 0 Å². The standard InChI is InChI=1S/C13H17FN2O3S/c1-9-5-6-10(14)8-12(9)20(18,19)16-7-3-4-11(16)13(17)15-2/h5-6,8,11H,3-4,7H2,1-2H3,(H,15,17). The second-order valence-corrected chi connectivity index (χ2v) is 6.66. The normalized spacial score (nSPS) is 20.1. The lowest BCUT2D eigenvalue weighted by atomic mass is 10.2. The third kappa shape index (κ3) is 2.55. The Balaban J connectivity index is 2.44. The monoisotopic (exact) mass is 300 g/mol. The molecule has 1 unspecified atom stereocenters. The van der Waals surface area contributed by atoms with Gasteiger partial charge >= 0.3 is 0 Å². The van der Waals surface area contributed by atoms with Crippen LogP contribution < -0.4 is 5.32 Å². The predicted octanol–water partition coefficient (Wildman–Crippen LogP) is 1.03. The zero-order chi connectivity index (χ0) is 14.9. The van der Waals surface area contributed by atoms with Gasteiger partial charge in [-0.05, 0) is 37.5 Å². The van der Waals surface area contributed by atoms with E-state index in [9.17, 15) is 17.6 Å². The zero-order valence-electron chi connectivity index (χ0n) is 11.4. The summed E-state index contributed by atoms with van der Waals surface area (Å²) in [5, 5.41) is 2.47. The number of amides is 1. The summed E-state index contributed by atoms with van der Waals surface area (Å²) in [5.41, 5.74) is 0.467. The van der Waals surface area contributed by atoms with E-state index < -0.39 is 21.9 Å². The fraction of sp³-hybridized carbons (Fsp3) is 0.462. The molecule has 20 heavy (non-hydrogen) atoms. The van der Waals surface area contributed by atoms with Crippen LogP contribution in [-0.2, 0) is 14.8 Å². The molecular weight excluding hydrogens is 283 g/mol. The molecule has 1 aromatic carbocycles. The summed E-state index contributed by atoms with van der Waals surface area (Å²) in [7, 11) is -2.39. The van der Waals surface area contributed by atoms with Crippen molar-refractivity contribution in [3.05, 3.63) is 29.6 Å². The van der Waals surface area contributed by atoms with Crippen molar-refractivity contribution in [2.45, 2.75) is 30.7 Å². The van der Waals surface area contributed by atoms with Crippen molar-refractivity contribution < 1.29 is 17.6 Å². The summed E-state index contributed by atoms with van der Waals surface area (Å²) in [6.45, 7) is 1.88. The fourth-order valence-electron chi connectivity index (χ4n) is 2.43. The molecule has 0 bridgehead atoms. The molecule has 1 N–H and O–H groups in total. The van der Waals surface area contributed by atoms with Gasteiger partial charge in [0.15, 0.2) is 0 Å². The maximum Gasteiger partial charge on any atom is 0.244 e. The highest BCUT2D eigenvalue weighted by Gasteiger charge is 2.39. The van der Waals surface area contributed by atoms with Crippen molar-refractivity contribution in [3.8, 4) is 0 Å². The van der Waals surface area contributed by atoms with Gasteiger partial charge in [-0.15, -0.1) is 0 Å². The number of carbonyl (C=O) groups is 1. The van der Waals surface area contributed by atoms with Crippen LogP contribution in [0.5, 0.6) is 0 Å². The number of hydrogen-bond donors (Lipinski definition) is 1. The van der Waals surface area contributed by atoms with Gasteiger partial charge in [-0.3, -0.25) is 4.79 Å². The first-order valence-corrected chi connectivity index (χ1v) is 7.81. The first kappa shape index (κ1) is 14.9. The van der Waals surface area contributed by atoms with Crippen molar-refractivity contribution in [1.29, 1.82) is 0 Å². The number of nitrogens with zero attached hydrogens (tertiary/aromatic N) is 1. The van der Waals surface area contributed by atoms with Crippen LogP contribution in [0.15, 0.2) is 23.1 Å². The van der Waals surface area contributed by atoms with E-state index in [0.717, 1.165) is 10.4 Å². The smallest absolute Gasteiger partial charge is 0.244 e. The Hall–Kier alpha value is -1.47. The maximum atomic E-state index is 13.3. The SMILES string of the molecule is CNC(=O)C1CCCN1S(=O)(=O)c1cc(F)ccc1C. The molecule has 1 saturated heterocycles. The van der Waals surface area contributed by atoms with E-state index in [1.54, 1.807) is 6.92 Å². The largest absolute Gasteiger partial charge is 0.358 e. The molecule has 1 amide bonds. The predicted molar refractivity (Wildman–Crippen MR) is 72.1 cm³/mol. The average molecular weight is 300 g/mol. The molecule has 5 nitrogen and oxygen atoms in total. The van der Waals surface area contributed by atoms with E-state index in [1.807, 2.05) is 0 Å². The highest BCUT2D eigenvalue weighted by Crippen LogP contribution is 2.28. The number of nitrogens with one attached hydrogen (secondary N) is 1. The van der Waals surface area contributed by atoms with Gasteiger partial charge in [-0.25, -0.2) is 12.8 Å². The van der Waals surface area contributed by atoms with E-state index >= 15 is 0 Å². The number of carbonyl (C=O) groups excluding carboxylic acids is 1. The third-order valence-electron chi connectivity index (χ3n) is 3.49. The minimum atomic E-state index is -3.86. The molecule has 0 radical (unpaired) electrons. The number of benzene rings is 1. The molecule has 1 aliphatic rings. The van der Waals surface area contributed by atoms with Crippen LogP contribution in [0.4, 0.5) is 4.39 Å². The summed E-state index contributed by atoms with van der Waals surface area (Å²) in [4.78, 5) is 11.7. The molecule has 110 valence electrons. The Labute approximate surface area is 117 Å². The van der Waals surface area contributed by atoms with Gasteiger partial charge in [0.1, 0.15) is 11.9 Å². The number of hydrogen-bond acceptors (Lipinski definition) is 3. The molecule has 2 rings (SSSR count). The first-order valence-electron chi connectivity index (χ1n) is 6.37. The number of aryl methyl sites for hydroxylation is 1. The van der Waals surface area contributed by atoms with Gasteiger partial charge < -0.3 is 5.32 Å². The molecule has 0 aliphatic carbocycles. The van der Waals surface area contributed by atoms with Crippen LogP contribution in [0.2, 0.25) is 0 Å². The van der Waals surface area contributed by atoms with Crippen LogP contribution in [0.3, 0.4) is 0 Å². The van der Waals surface area contributed by atoms with Gasteiger partial charge in [0.05, 0.1) is 4.90 Å². The molecule has 1 fully saturated rings. The van der Waals surface area contributed by atoms with E-state index in [2.05, 4.69) is 5.32 Å². The number of likely N-dealkylation sites (N-methyl/N-ethyl adjacent to an activating group) is 1. The van der Waals surface area contributed by atoms with Gasteiger partial charge in [0, 0.05) is 13.6 Å². The topological polar surface area (TPSA) is 66.5 Å². The molecule has 0 aromatic heterocycles. The Kier molecular flexibility index (Phi) is 4.10. The van der Waals surface area contributed by atoms with Gasteiger partial charge in [-0.2, -0.15) is 4.31 Å². The number of rotatable bonds is 3. The summed E-state index contributed by atoms with van der Waals surface area (Å²) in [6, 6.07) is 2.93. The lowest BCUT2D eigenvalue weighted by Gasteiger charge is -2.23. The molecule has 1 atom stereocenters. The summed E-state index contributed by atoms with van der Waals surface area (Å²) in [5.74, 6) is -0.940.